The number of anilines is 1. The van der Waals surface area contributed by atoms with E-state index >= 15 is 0 Å². The van der Waals surface area contributed by atoms with Crippen molar-refractivity contribution in [3.05, 3.63) is 18.3 Å². The zero-order valence-corrected chi connectivity index (χ0v) is 4.00. The highest BCUT2D eigenvalue weighted by Gasteiger charge is 1.88. The van der Waals surface area contributed by atoms with Crippen LogP contribution in [0.1, 0.15) is 0 Å². The standard InChI is InChI=1S/C4H4FN3/c5-3-1-7-2-4(6)8-3/h1-2H,(H2,6,8). The molecule has 0 saturated carbocycles. The average molecular weight is 113 g/mol. The maximum Gasteiger partial charge on any atom is 0.233 e. The van der Waals surface area contributed by atoms with Crippen molar-refractivity contribution in [2.45, 2.75) is 0 Å². The maximum atomic E-state index is 11.9. The molecule has 0 aliphatic rings. The van der Waals surface area contributed by atoms with Crippen LogP contribution in [0.25, 0.3) is 0 Å². The normalized spacial score (nSPS) is 9.12. The van der Waals surface area contributed by atoms with Crippen LogP contribution in [0.15, 0.2) is 12.4 Å². The molecule has 0 spiro atoms. The molecule has 1 aromatic rings. The summed E-state index contributed by atoms with van der Waals surface area (Å²) >= 11 is 0. The fraction of sp³-hybridized carbons (Fsp3) is 0. The predicted octanol–water partition coefficient (Wildman–Crippen LogP) is 0.198. The predicted molar refractivity (Wildman–Crippen MR) is 26.4 cm³/mol. The topological polar surface area (TPSA) is 51.8 Å². The van der Waals surface area contributed by atoms with E-state index in [-0.39, 0.29) is 5.82 Å². The summed E-state index contributed by atoms with van der Waals surface area (Å²) in [4.78, 5) is 6.64. The smallest absolute Gasteiger partial charge is 0.233 e. The Kier molecular flexibility index (Phi) is 1.07. The number of aromatic nitrogens is 2. The third kappa shape index (κ3) is 0.900. The molecule has 1 aromatic heterocycles. The molecule has 8 heavy (non-hydrogen) atoms. The second kappa shape index (κ2) is 1.73. The highest BCUT2D eigenvalue weighted by Crippen LogP contribution is 1.92. The van der Waals surface area contributed by atoms with Gasteiger partial charge in [-0.15, -0.1) is 0 Å². The third-order valence-corrected chi connectivity index (χ3v) is 0.624. The number of nitrogens with two attached hydrogens (primary N) is 1. The largest absolute Gasteiger partial charge is 0.382 e. The lowest BCUT2D eigenvalue weighted by molar-refractivity contribution is 0.579. The van der Waals surface area contributed by atoms with E-state index in [2.05, 4.69) is 9.97 Å². The van der Waals surface area contributed by atoms with Gasteiger partial charge in [0.25, 0.3) is 0 Å². The number of hydrogen-bond donors (Lipinski definition) is 1. The van der Waals surface area contributed by atoms with Crippen molar-refractivity contribution in [3.63, 3.8) is 0 Å². The summed E-state index contributed by atoms with van der Waals surface area (Å²) in [6, 6.07) is 0. The molecule has 42 valence electrons. The molecule has 1 rings (SSSR count). The van der Waals surface area contributed by atoms with Crippen LogP contribution in [0.5, 0.6) is 0 Å². The second-order valence-electron chi connectivity index (χ2n) is 1.27. The molecule has 0 fully saturated rings. The van der Waals surface area contributed by atoms with Gasteiger partial charge in [-0.2, -0.15) is 9.37 Å². The Hall–Kier alpha value is -1.19. The first-order valence-electron chi connectivity index (χ1n) is 2.02. The van der Waals surface area contributed by atoms with E-state index in [1.54, 1.807) is 0 Å². The van der Waals surface area contributed by atoms with Gasteiger partial charge in [0.1, 0.15) is 5.82 Å². The van der Waals surface area contributed by atoms with Crippen LogP contribution in [0, 0.1) is 5.95 Å². The molecule has 0 radical (unpaired) electrons. The van der Waals surface area contributed by atoms with Crippen LogP contribution < -0.4 is 5.73 Å². The Balaban J connectivity index is 3.08. The van der Waals surface area contributed by atoms with Gasteiger partial charge in [0.2, 0.25) is 5.95 Å². The number of rotatable bonds is 0. The molecule has 1 heterocycles. The Morgan fingerprint density at radius 2 is 2.25 bits per heavy atom. The van der Waals surface area contributed by atoms with E-state index < -0.39 is 5.95 Å². The third-order valence-electron chi connectivity index (χ3n) is 0.624. The van der Waals surface area contributed by atoms with Crippen LogP contribution in [-0.4, -0.2) is 9.97 Å². The van der Waals surface area contributed by atoms with Crippen LogP contribution in [0.2, 0.25) is 0 Å². The van der Waals surface area contributed by atoms with Gasteiger partial charge in [0.05, 0.1) is 12.4 Å². The molecule has 3 nitrogen and oxygen atoms in total. The quantitative estimate of drug-likeness (QED) is 0.522. The Morgan fingerprint density at radius 1 is 1.50 bits per heavy atom. The maximum absolute atomic E-state index is 11.9. The second-order valence-corrected chi connectivity index (χ2v) is 1.27. The number of nitrogen functional groups attached to an aromatic ring is 1. The molecular weight excluding hydrogens is 109 g/mol. The fourth-order valence-electron chi connectivity index (χ4n) is 0.356. The van der Waals surface area contributed by atoms with E-state index in [0.29, 0.717) is 0 Å². The summed E-state index contributed by atoms with van der Waals surface area (Å²) in [6.45, 7) is 0. The SMILES string of the molecule is Nc1cncc(F)n1. The summed E-state index contributed by atoms with van der Waals surface area (Å²) in [5.41, 5.74) is 5.04. The van der Waals surface area contributed by atoms with Crippen LogP contribution in [0.3, 0.4) is 0 Å². The van der Waals surface area contributed by atoms with E-state index in [4.69, 9.17) is 5.73 Å². The van der Waals surface area contributed by atoms with Crippen LogP contribution in [0.4, 0.5) is 10.2 Å². The molecular formula is C4H4FN3. The lowest BCUT2D eigenvalue weighted by atomic mass is 10.7. The Labute approximate surface area is 45.4 Å². The summed E-state index contributed by atoms with van der Waals surface area (Å²) < 4.78 is 11.9. The number of halogens is 1. The highest BCUT2D eigenvalue weighted by atomic mass is 19.1. The van der Waals surface area contributed by atoms with E-state index in [0.717, 1.165) is 6.20 Å². The molecule has 0 aliphatic carbocycles. The summed E-state index contributed by atoms with van der Waals surface area (Å²) in [6.07, 6.45) is 2.28. The van der Waals surface area contributed by atoms with Crippen molar-refractivity contribution in [2.75, 3.05) is 5.73 Å². The van der Waals surface area contributed by atoms with Crippen molar-refractivity contribution in [1.82, 2.24) is 9.97 Å². The summed E-state index contributed by atoms with van der Waals surface area (Å²) in [5.74, 6) is -0.546. The zero-order valence-electron chi connectivity index (χ0n) is 4.00. The van der Waals surface area contributed by atoms with E-state index in [1.807, 2.05) is 0 Å². The minimum absolute atomic E-state index is 0.102. The zero-order chi connectivity index (χ0) is 5.98. The fourth-order valence-corrected chi connectivity index (χ4v) is 0.356. The van der Waals surface area contributed by atoms with Gasteiger partial charge in [0, 0.05) is 0 Å². The van der Waals surface area contributed by atoms with Gasteiger partial charge < -0.3 is 5.73 Å². The van der Waals surface area contributed by atoms with Crippen LogP contribution >= 0.6 is 0 Å². The summed E-state index contributed by atoms with van der Waals surface area (Å²) in [5, 5.41) is 0. The molecule has 0 bridgehead atoms. The molecule has 2 N–H and O–H groups in total. The molecule has 0 amide bonds. The van der Waals surface area contributed by atoms with Crippen molar-refractivity contribution in [3.8, 4) is 0 Å². The Morgan fingerprint density at radius 3 is 2.62 bits per heavy atom. The van der Waals surface area contributed by atoms with Crippen molar-refractivity contribution < 1.29 is 4.39 Å². The highest BCUT2D eigenvalue weighted by molar-refractivity contribution is 5.20. The van der Waals surface area contributed by atoms with Gasteiger partial charge in [0.15, 0.2) is 0 Å². The van der Waals surface area contributed by atoms with Gasteiger partial charge >= 0.3 is 0 Å². The molecule has 4 heteroatoms. The molecule has 0 atom stereocenters. The Bertz CT molecular complexity index is 171. The van der Waals surface area contributed by atoms with Gasteiger partial charge in [-0.25, -0.2) is 0 Å². The van der Waals surface area contributed by atoms with Crippen molar-refractivity contribution >= 4 is 5.82 Å². The van der Waals surface area contributed by atoms with Crippen LogP contribution in [-0.2, 0) is 0 Å². The average Bonchev–Trinajstić information content (AvgIpc) is 1.64. The first kappa shape index (κ1) is 4.96. The first-order valence-corrected chi connectivity index (χ1v) is 2.02. The molecule has 0 unspecified atom stereocenters. The van der Waals surface area contributed by atoms with E-state index in [1.165, 1.54) is 6.20 Å². The first-order chi connectivity index (χ1) is 3.79. The molecule has 0 aliphatic heterocycles. The summed E-state index contributed by atoms with van der Waals surface area (Å²) in [7, 11) is 0. The van der Waals surface area contributed by atoms with Gasteiger partial charge in [-0.05, 0) is 0 Å². The minimum Gasteiger partial charge on any atom is -0.382 e. The molecule has 0 saturated heterocycles. The minimum atomic E-state index is -0.648. The van der Waals surface area contributed by atoms with Crippen molar-refractivity contribution in [1.29, 1.82) is 0 Å². The number of nitrogens with zero attached hydrogens (tertiary/aromatic N) is 2. The molecule has 0 aromatic carbocycles. The lowest BCUT2D eigenvalue weighted by Crippen LogP contribution is -1.92. The van der Waals surface area contributed by atoms with Gasteiger partial charge in [-0.3, -0.25) is 4.98 Å². The van der Waals surface area contributed by atoms with Gasteiger partial charge in [-0.1, -0.05) is 0 Å². The lowest BCUT2D eigenvalue weighted by Gasteiger charge is -1.86. The van der Waals surface area contributed by atoms with E-state index in [9.17, 15) is 4.39 Å². The van der Waals surface area contributed by atoms with Crippen molar-refractivity contribution in [2.24, 2.45) is 0 Å². The number of hydrogen-bond acceptors (Lipinski definition) is 3. The monoisotopic (exact) mass is 113 g/mol.